The number of aliphatic carboxylic acids is 1. The van der Waals surface area contributed by atoms with E-state index in [1.165, 1.54) is 0 Å². The lowest BCUT2D eigenvalue weighted by molar-refractivity contribution is -0.141. The zero-order chi connectivity index (χ0) is 17.1. The first-order valence-electron chi connectivity index (χ1n) is 8.20. The van der Waals surface area contributed by atoms with Crippen molar-refractivity contribution in [2.75, 3.05) is 13.1 Å². The predicted molar refractivity (Wildman–Crippen MR) is 96.0 cm³/mol. The van der Waals surface area contributed by atoms with E-state index in [9.17, 15) is 9.59 Å². The third-order valence-electron chi connectivity index (χ3n) is 4.51. The predicted octanol–water partition coefficient (Wildman–Crippen LogP) is 2.46. The third kappa shape index (κ3) is 4.02. The molecule has 1 N–H and O–H groups in total. The number of aromatic nitrogens is 2. The highest BCUT2D eigenvalue weighted by atomic mass is 35.5. The fourth-order valence-electron chi connectivity index (χ4n) is 3.17. The summed E-state index contributed by atoms with van der Waals surface area (Å²) in [5.74, 6) is -1.41. The van der Waals surface area contributed by atoms with Crippen molar-refractivity contribution in [3.8, 4) is 0 Å². The van der Waals surface area contributed by atoms with Crippen LogP contribution in [0.2, 0.25) is 0 Å². The summed E-state index contributed by atoms with van der Waals surface area (Å²) in [7, 11) is 0. The summed E-state index contributed by atoms with van der Waals surface area (Å²) in [6.45, 7) is 3.39. The van der Waals surface area contributed by atoms with Crippen LogP contribution in [-0.4, -0.2) is 44.8 Å². The van der Waals surface area contributed by atoms with Crippen LogP contribution in [0.15, 0.2) is 36.5 Å². The second-order valence-electron chi connectivity index (χ2n) is 6.08. The Balaban J connectivity index is 0.00000225. The molecule has 1 aromatic heterocycles. The summed E-state index contributed by atoms with van der Waals surface area (Å²) in [6, 6.07) is 9.98. The molecular weight excluding hydrogens is 342 g/mol. The summed E-state index contributed by atoms with van der Waals surface area (Å²) < 4.78 is 1.85. The molecule has 1 aliphatic heterocycles. The van der Waals surface area contributed by atoms with Crippen LogP contribution in [0.1, 0.15) is 35.0 Å². The number of carboxylic acid groups (broad SMARTS) is 1. The van der Waals surface area contributed by atoms with Gasteiger partial charge in [-0.25, -0.2) is 0 Å². The lowest BCUT2D eigenvalue weighted by Crippen LogP contribution is -2.30. The van der Waals surface area contributed by atoms with Crippen LogP contribution in [0.5, 0.6) is 0 Å². The van der Waals surface area contributed by atoms with E-state index in [0.29, 0.717) is 31.5 Å². The minimum absolute atomic E-state index is 0. The standard InChI is InChI=1S/C18H21N3O3.ClH/c1-2-16-15(17(22)20-9-8-14(12-20)18(23)24)10-19-21(16)11-13-6-4-3-5-7-13;/h3-7,10,14H,2,8-9,11-12H2,1H3,(H,23,24);1H. The van der Waals surface area contributed by atoms with Crippen LogP contribution in [0.25, 0.3) is 0 Å². The number of hydrogen-bond acceptors (Lipinski definition) is 3. The zero-order valence-corrected chi connectivity index (χ0v) is 14.9. The van der Waals surface area contributed by atoms with Gasteiger partial charge in [-0.3, -0.25) is 14.3 Å². The van der Waals surface area contributed by atoms with Gasteiger partial charge in [0.05, 0.1) is 29.9 Å². The molecule has 0 saturated carbocycles. The normalized spacial score (nSPS) is 16.5. The maximum Gasteiger partial charge on any atom is 0.308 e. The van der Waals surface area contributed by atoms with Crippen molar-refractivity contribution >= 4 is 24.3 Å². The molecule has 25 heavy (non-hydrogen) atoms. The minimum atomic E-state index is -0.833. The number of likely N-dealkylation sites (tertiary alicyclic amines) is 1. The summed E-state index contributed by atoms with van der Waals surface area (Å²) in [6.07, 6.45) is 2.82. The van der Waals surface area contributed by atoms with Crippen molar-refractivity contribution in [2.24, 2.45) is 5.92 Å². The molecule has 0 aliphatic carbocycles. The van der Waals surface area contributed by atoms with Gasteiger partial charge < -0.3 is 10.0 Å². The molecule has 7 heteroatoms. The molecule has 1 fully saturated rings. The van der Waals surface area contributed by atoms with Crippen LogP contribution in [0.3, 0.4) is 0 Å². The van der Waals surface area contributed by atoms with Crippen molar-refractivity contribution in [3.05, 3.63) is 53.3 Å². The topological polar surface area (TPSA) is 75.4 Å². The quantitative estimate of drug-likeness (QED) is 0.885. The lowest BCUT2D eigenvalue weighted by Gasteiger charge is -2.16. The van der Waals surface area contributed by atoms with E-state index in [0.717, 1.165) is 11.3 Å². The maximum atomic E-state index is 12.7. The molecule has 2 aromatic rings. The summed E-state index contributed by atoms with van der Waals surface area (Å²) in [4.78, 5) is 25.4. The number of carbonyl (C=O) groups is 2. The Morgan fingerprint density at radius 3 is 2.60 bits per heavy atom. The van der Waals surface area contributed by atoms with Gasteiger partial charge in [-0.05, 0) is 18.4 Å². The van der Waals surface area contributed by atoms with Crippen molar-refractivity contribution in [1.82, 2.24) is 14.7 Å². The van der Waals surface area contributed by atoms with Crippen molar-refractivity contribution < 1.29 is 14.7 Å². The molecule has 6 nitrogen and oxygen atoms in total. The lowest BCUT2D eigenvalue weighted by atomic mass is 10.1. The number of nitrogens with zero attached hydrogens (tertiary/aromatic N) is 3. The Morgan fingerprint density at radius 2 is 2.00 bits per heavy atom. The molecule has 0 spiro atoms. The Labute approximate surface area is 152 Å². The van der Waals surface area contributed by atoms with Crippen LogP contribution in [0.4, 0.5) is 0 Å². The number of hydrogen-bond donors (Lipinski definition) is 1. The summed E-state index contributed by atoms with van der Waals surface area (Å²) in [5, 5.41) is 13.5. The average Bonchev–Trinajstić information content (AvgIpc) is 3.22. The van der Waals surface area contributed by atoms with E-state index in [2.05, 4.69) is 5.10 Å². The second-order valence-corrected chi connectivity index (χ2v) is 6.08. The zero-order valence-electron chi connectivity index (χ0n) is 14.1. The number of rotatable bonds is 5. The first-order chi connectivity index (χ1) is 11.6. The molecule has 1 saturated heterocycles. The van der Waals surface area contributed by atoms with Gasteiger partial charge in [0.2, 0.25) is 0 Å². The van der Waals surface area contributed by atoms with E-state index in [-0.39, 0.29) is 24.9 Å². The molecule has 1 aromatic carbocycles. The van der Waals surface area contributed by atoms with E-state index < -0.39 is 11.9 Å². The highest BCUT2D eigenvalue weighted by Crippen LogP contribution is 2.21. The second kappa shape index (κ2) is 8.16. The van der Waals surface area contributed by atoms with Gasteiger partial charge >= 0.3 is 5.97 Å². The first-order valence-corrected chi connectivity index (χ1v) is 8.20. The van der Waals surface area contributed by atoms with E-state index in [4.69, 9.17) is 5.11 Å². The van der Waals surface area contributed by atoms with E-state index in [1.54, 1.807) is 11.1 Å². The fraction of sp³-hybridized carbons (Fsp3) is 0.389. The number of carboxylic acids is 1. The molecule has 1 amide bonds. The summed E-state index contributed by atoms with van der Waals surface area (Å²) >= 11 is 0. The molecule has 1 atom stereocenters. The van der Waals surface area contributed by atoms with Gasteiger partial charge in [0, 0.05) is 13.1 Å². The Hall–Kier alpha value is -2.34. The average molecular weight is 364 g/mol. The summed E-state index contributed by atoms with van der Waals surface area (Å²) in [5.41, 5.74) is 2.60. The number of carbonyl (C=O) groups excluding carboxylic acids is 1. The molecule has 0 radical (unpaired) electrons. The van der Waals surface area contributed by atoms with E-state index >= 15 is 0 Å². The van der Waals surface area contributed by atoms with Crippen molar-refractivity contribution in [3.63, 3.8) is 0 Å². The largest absolute Gasteiger partial charge is 0.481 e. The molecular formula is C18H22ClN3O3. The molecule has 3 rings (SSSR count). The maximum absolute atomic E-state index is 12.7. The van der Waals surface area contributed by atoms with Crippen LogP contribution < -0.4 is 0 Å². The van der Waals surface area contributed by atoms with Gasteiger partial charge in [0.25, 0.3) is 5.91 Å². The van der Waals surface area contributed by atoms with Crippen molar-refractivity contribution in [1.29, 1.82) is 0 Å². The third-order valence-corrected chi connectivity index (χ3v) is 4.51. The van der Waals surface area contributed by atoms with Gasteiger partial charge in [-0.2, -0.15) is 5.10 Å². The van der Waals surface area contributed by atoms with Crippen LogP contribution >= 0.6 is 12.4 Å². The number of amides is 1. The smallest absolute Gasteiger partial charge is 0.308 e. The van der Waals surface area contributed by atoms with E-state index in [1.807, 2.05) is 41.9 Å². The number of halogens is 1. The molecule has 2 heterocycles. The molecule has 134 valence electrons. The SMILES string of the molecule is CCc1c(C(=O)N2CCC(C(=O)O)C2)cnn1Cc1ccccc1.Cl. The van der Waals surface area contributed by atoms with Crippen LogP contribution in [-0.2, 0) is 17.8 Å². The highest BCUT2D eigenvalue weighted by Gasteiger charge is 2.32. The van der Waals surface area contributed by atoms with Gasteiger partial charge in [-0.15, -0.1) is 12.4 Å². The first kappa shape index (κ1) is 19.0. The fourth-order valence-corrected chi connectivity index (χ4v) is 3.17. The van der Waals surface area contributed by atoms with Gasteiger partial charge in [0.1, 0.15) is 0 Å². The van der Waals surface area contributed by atoms with Crippen LogP contribution in [0, 0.1) is 5.92 Å². The minimum Gasteiger partial charge on any atom is -0.481 e. The Morgan fingerprint density at radius 1 is 1.28 bits per heavy atom. The monoisotopic (exact) mass is 363 g/mol. The van der Waals surface area contributed by atoms with Gasteiger partial charge in [-0.1, -0.05) is 37.3 Å². The Kier molecular flexibility index (Phi) is 6.20. The van der Waals surface area contributed by atoms with Gasteiger partial charge in [0.15, 0.2) is 0 Å². The molecule has 0 bridgehead atoms. The molecule has 1 unspecified atom stereocenters. The number of benzene rings is 1. The highest BCUT2D eigenvalue weighted by molar-refractivity contribution is 5.95. The Bertz CT molecular complexity index is 745. The molecule has 1 aliphatic rings. The van der Waals surface area contributed by atoms with Crippen molar-refractivity contribution in [2.45, 2.75) is 26.3 Å².